The molecule has 3 saturated heterocycles. The molecule has 0 amide bonds. The van der Waals surface area contributed by atoms with Gasteiger partial charge in [-0.2, -0.15) is 0 Å². The summed E-state index contributed by atoms with van der Waals surface area (Å²) in [6.45, 7) is 19.5. The Hall–Kier alpha value is -1.32. The van der Waals surface area contributed by atoms with Gasteiger partial charge < -0.3 is 29.4 Å². The number of hydrogen-bond donors (Lipinski definition) is 0. The molecule has 0 spiro atoms. The van der Waals surface area contributed by atoms with E-state index in [0.29, 0.717) is 0 Å². The average molecular weight is 645 g/mol. The molecular weight excluding hydrogens is 573 g/mol. The van der Waals surface area contributed by atoms with E-state index in [4.69, 9.17) is 0 Å². The number of likely N-dealkylation sites (N-methyl/N-ethyl adjacent to an activating group) is 3. The van der Waals surface area contributed by atoms with E-state index in [0.717, 1.165) is 0 Å². The molecule has 3 aliphatic rings. The van der Waals surface area contributed by atoms with Crippen molar-refractivity contribution in [2.75, 3.05) is 121 Å². The van der Waals surface area contributed by atoms with Crippen LogP contribution in [-0.2, 0) is 0 Å². The minimum absolute atomic E-state index is 1.21. The van der Waals surface area contributed by atoms with Gasteiger partial charge in [-0.3, -0.25) is 0 Å². The van der Waals surface area contributed by atoms with E-state index in [1.54, 1.807) is 11.3 Å². The van der Waals surface area contributed by atoms with E-state index < -0.39 is 0 Å². The lowest BCUT2D eigenvalue weighted by Gasteiger charge is -2.27. The van der Waals surface area contributed by atoms with Gasteiger partial charge in [0.15, 0.2) is 0 Å². The first-order chi connectivity index (χ1) is 21.7. The van der Waals surface area contributed by atoms with Crippen molar-refractivity contribution in [2.24, 2.45) is 0 Å². The van der Waals surface area contributed by atoms with Crippen LogP contribution in [0.15, 0.2) is 47.8 Å². The lowest BCUT2D eigenvalue weighted by molar-refractivity contribution is 0.207. The van der Waals surface area contributed by atoms with Gasteiger partial charge in [-0.25, -0.2) is 0 Å². The van der Waals surface area contributed by atoms with Gasteiger partial charge in [0.1, 0.15) is 0 Å². The number of benzene rings is 1. The number of likely N-dealkylation sites (tertiary alicyclic amines) is 3. The van der Waals surface area contributed by atoms with Crippen LogP contribution in [0.2, 0.25) is 0 Å². The molecule has 0 N–H and O–H groups in total. The van der Waals surface area contributed by atoms with Crippen molar-refractivity contribution in [2.45, 2.75) is 65.2 Å². The molecule has 1 aromatic carbocycles. The molecule has 0 radical (unpaired) electrons. The second-order valence-electron chi connectivity index (χ2n) is 13.6. The van der Waals surface area contributed by atoms with Crippen LogP contribution >= 0.6 is 11.3 Å². The first kappa shape index (κ1) is 41.7. The summed E-state index contributed by atoms with van der Waals surface area (Å²) in [6.07, 6.45) is 11.3. The van der Waals surface area contributed by atoms with Gasteiger partial charge in [-0.15, -0.1) is 11.3 Å². The zero-order valence-corrected chi connectivity index (χ0v) is 31.7. The molecule has 3 aliphatic heterocycles. The second kappa shape index (κ2) is 27.8. The van der Waals surface area contributed by atoms with Crippen molar-refractivity contribution in [3.63, 3.8) is 0 Å². The normalized spacial score (nSPS) is 17.4. The summed E-state index contributed by atoms with van der Waals surface area (Å²) in [5, 5.41) is 2.08. The van der Waals surface area contributed by atoms with Gasteiger partial charge >= 0.3 is 0 Å². The zero-order chi connectivity index (χ0) is 33.1. The molecule has 0 bridgehead atoms. The maximum Gasteiger partial charge on any atom is 0.0109 e. The van der Waals surface area contributed by atoms with Crippen LogP contribution in [0, 0.1) is 13.8 Å². The third kappa shape index (κ3) is 26.4. The topological polar surface area (TPSA) is 19.4 Å². The quantitative estimate of drug-likeness (QED) is 0.298. The Morgan fingerprint density at radius 3 is 1.07 bits per heavy atom. The number of piperidine rings is 2. The number of aryl methyl sites for hydroxylation is 2. The predicted molar refractivity (Wildman–Crippen MR) is 202 cm³/mol. The highest BCUT2D eigenvalue weighted by Crippen LogP contribution is 2.09. The Bertz CT molecular complexity index is 830. The SMILES string of the molecule is CN(C)CCN1CCCC1.CN(C)CCN1CCCCC1.CN(C)CCN1CCCCC1.Cc1ccccc1.Cc1cccs1. The summed E-state index contributed by atoms with van der Waals surface area (Å²) in [5.41, 5.74) is 1.32. The summed E-state index contributed by atoms with van der Waals surface area (Å²) >= 11 is 1.78. The van der Waals surface area contributed by atoms with Crippen molar-refractivity contribution in [3.8, 4) is 0 Å². The highest BCUT2D eigenvalue weighted by Gasteiger charge is 2.11. The van der Waals surface area contributed by atoms with E-state index >= 15 is 0 Å². The maximum atomic E-state index is 2.57. The van der Waals surface area contributed by atoms with Gasteiger partial charge in [0.25, 0.3) is 0 Å². The van der Waals surface area contributed by atoms with E-state index in [1.165, 1.54) is 140 Å². The summed E-state index contributed by atoms with van der Waals surface area (Å²) in [4.78, 5) is 15.8. The molecule has 3 fully saturated rings. The standard InChI is InChI=1S/2C9H20N2.C8H18N2.C7H8.C5H6S/c2*1-10(2)8-9-11-6-4-3-5-7-11;1-9(2)7-8-10-5-3-4-6-10;1-7-5-3-2-4-6-7;1-5-3-2-4-6-5/h2*3-9H2,1-2H3;3-8H2,1-2H3;2-6H,1H3;2-4H,1H3. The number of nitrogens with zero attached hydrogens (tertiary/aromatic N) is 6. The Balaban J connectivity index is 0.000000286. The Labute approximate surface area is 284 Å². The van der Waals surface area contributed by atoms with Crippen LogP contribution in [0.4, 0.5) is 0 Å². The minimum atomic E-state index is 1.21. The summed E-state index contributed by atoms with van der Waals surface area (Å²) in [7, 11) is 12.8. The monoisotopic (exact) mass is 645 g/mol. The summed E-state index contributed by atoms with van der Waals surface area (Å²) in [5.74, 6) is 0. The molecule has 0 aliphatic carbocycles. The number of hydrogen-bond acceptors (Lipinski definition) is 7. The highest BCUT2D eigenvalue weighted by atomic mass is 32.1. The fourth-order valence-corrected chi connectivity index (χ4v) is 5.82. The average Bonchev–Trinajstić information content (AvgIpc) is 3.75. The smallest absolute Gasteiger partial charge is 0.0109 e. The molecule has 0 unspecified atom stereocenters. The Kier molecular flexibility index (Phi) is 25.7. The molecule has 5 rings (SSSR count). The zero-order valence-electron chi connectivity index (χ0n) is 30.9. The van der Waals surface area contributed by atoms with Gasteiger partial charge in [-0.05, 0) is 145 Å². The van der Waals surface area contributed by atoms with Gasteiger partial charge in [0.2, 0.25) is 0 Å². The molecule has 4 heterocycles. The molecule has 0 saturated carbocycles. The van der Waals surface area contributed by atoms with Crippen LogP contribution < -0.4 is 0 Å². The van der Waals surface area contributed by atoms with Crippen LogP contribution in [0.25, 0.3) is 0 Å². The van der Waals surface area contributed by atoms with Crippen molar-refractivity contribution in [1.29, 1.82) is 0 Å². The lowest BCUT2D eigenvalue weighted by atomic mass is 10.1. The largest absolute Gasteiger partial charge is 0.308 e. The van der Waals surface area contributed by atoms with E-state index in [9.17, 15) is 0 Å². The molecule has 2 aromatic rings. The Morgan fingerprint density at radius 1 is 0.489 bits per heavy atom. The third-order valence-corrected chi connectivity index (χ3v) is 9.09. The fourth-order valence-electron chi connectivity index (χ4n) is 5.29. The fraction of sp³-hybridized carbons (Fsp3) is 0.737. The van der Waals surface area contributed by atoms with Crippen molar-refractivity contribution in [1.82, 2.24) is 29.4 Å². The molecule has 7 heteroatoms. The van der Waals surface area contributed by atoms with Crippen LogP contribution in [-0.4, -0.2) is 150 Å². The van der Waals surface area contributed by atoms with Crippen molar-refractivity contribution >= 4 is 11.3 Å². The van der Waals surface area contributed by atoms with Gasteiger partial charge in [0.05, 0.1) is 0 Å². The van der Waals surface area contributed by atoms with Crippen molar-refractivity contribution in [3.05, 3.63) is 58.3 Å². The predicted octanol–water partition coefficient (Wildman–Crippen LogP) is 6.76. The molecule has 0 atom stereocenters. The lowest BCUT2D eigenvalue weighted by Crippen LogP contribution is -2.35. The van der Waals surface area contributed by atoms with Gasteiger partial charge in [-0.1, -0.05) is 54.8 Å². The maximum absolute atomic E-state index is 2.57. The van der Waals surface area contributed by atoms with Crippen LogP contribution in [0.1, 0.15) is 61.8 Å². The first-order valence-electron chi connectivity index (χ1n) is 17.8. The number of thiophene rings is 1. The molecule has 6 nitrogen and oxygen atoms in total. The summed E-state index contributed by atoms with van der Waals surface area (Å²) in [6, 6.07) is 14.4. The van der Waals surface area contributed by atoms with Crippen LogP contribution in [0.5, 0.6) is 0 Å². The second-order valence-corrected chi connectivity index (χ2v) is 14.8. The van der Waals surface area contributed by atoms with Crippen molar-refractivity contribution < 1.29 is 0 Å². The van der Waals surface area contributed by atoms with E-state index in [2.05, 4.69) is 115 Å². The third-order valence-electron chi connectivity index (χ3n) is 8.29. The van der Waals surface area contributed by atoms with Crippen LogP contribution in [0.3, 0.4) is 0 Å². The van der Waals surface area contributed by atoms with E-state index in [1.807, 2.05) is 18.2 Å². The molecule has 45 heavy (non-hydrogen) atoms. The first-order valence-corrected chi connectivity index (χ1v) is 18.7. The van der Waals surface area contributed by atoms with E-state index in [-0.39, 0.29) is 0 Å². The highest BCUT2D eigenvalue weighted by molar-refractivity contribution is 7.09. The van der Waals surface area contributed by atoms with Gasteiger partial charge in [0, 0.05) is 44.1 Å². The summed E-state index contributed by atoms with van der Waals surface area (Å²) < 4.78 is 0. The molecular formula is C38H72N6S. The Morgan fingerprint density at radius 2 is 0.844 bits per heavy atom. The molecule has 1 aromatic heterocycles. The molecule has 260 valence electrons. The number of rotatable bonds is 9. The minimum Gasteiger partial charge on any atom is -0.308 e.